The molecule has 33 heteroatoms. The Bertz CT molecular complexity index is 5310. The standard InChI is InChI=1S/C29H31N9O2.C16H12N6O3.C12H20N4.C12H16N4.C6H3FN2.C6H14N2.CH4/c1-18-15-32-23-10-7-20(17-38(18)23)25-27(29-31-11-14-40-29)35-28(30)26(34-25)22(39)9-8-21-5-4-6-24(33-21)37-13-12-36(3)19(2)16-37;1-8-6-19-10-3-2-9(7-22(8)10)11-12(15-18-4-5-25-15)21-14(17)13(20-11)16(23)24;2*1-10-9-16(7-6-15(10)2)12-5-3-4-11(8-13)14-12;7-6-3-1-2-5(4-8)9-6;1-6-5-7-3-4-8(6)2;/h4-7,10-11,14-15,17,19H,8-9,12-13,16H2,1-3H3,(H2,30,35);2-7H,1H3,(H2,17,21)(H,23,24);3-5,10H,6-9,13H2,1-2H3;3-5,10H,6-7,9H2,1-2H3;1-3H;6-7H,3-5H2,1-2H3;1H4/t19-;;2*10-;;6-;/m1.11.1./s1. The van der Waals surface area contributed by atoms with Crippen LogP contribution in [0.15, 0.2) is 156 Å². The van der Waals surface area contributed by atoms with Gasteiger partial charge in [0.05, 0.1) is 18.1 Å². The Balaban J connectivity index is 0.000000159. The number of nitrogens with one attached hydrogen (secondary N) is 1. The van der Waals surface area contributed by atoms with Gasteiger partial charge in [-0.2, -0.15) is 14.9 Å². The number of hydrogen-bond donors (Lipinski definition) is 5. The van der Waals surface area contributed by atoms with Gasteiger partial charge in [-0.3, -0.25) is 4.79 Å². The molecule has 0 aromatic carbocycles. The van der Waals surface area contributed by atoms with E-state index in [2.05, 4.69) is 157 Å². The number of rotatable bonds is 13. The van der Waals surface area contributed by atoms with Gasteiger partial charge in [-0.15, -0.1) is 0 Å². The molecule has 0 amide bonds. The van der Waals surface area contributed by atoms with E-state index in [1.807, 2.05) is 83.4 Å². The molecule has 4 aliphatic heterocycles. The topological polar surface area (TPSA) is 404 Å². The number of nitrogens with zero attached hydrogens (tertiary/aromatic N) is 23. The molecule has 0 saturated carbocycles. The van der Waals surface area contributed by atoms with Crippen molar-refractivity contribution in [2.45, 2.75) is 92.5 Å². The maximum Gasteiger partial charge on any atom is 0.358 e. The Labute approximate surface area is 668 Å². The fourth-order valence-electron chi connectivity index (χ4n) is 12.9. The first kappa shape index (κ1) is 84.8. The summed E-state index contributed by atoms with van der Waals surface area (Å²) in [7, 11) is 8.63. The molecule has 0 bridgehead atoms. The number of carboxylic acids is 1. The first-order valence-electron chi connectivity index (χ1n) is 37.5. The summed E-state index contributed by atoms with van der Waals surface area (Å²) in [4.78, 5) is 92.7. The van der Waals surface area contributed by atoms with Gasteiger partial charge in [0, 0.05) is 169 Å². The van der Waals surface area contributed by atoms with E-state index in [1.54, 1.807) is 42.9 Å². The molecule has 16 rings (SSSR count). The lowest BCUT2D eigenvalue weighted by molar-refractivity contribution is 0.0691. The number of anilines is 5. The number of aromatic nitrogens is 14. The van der Waals surface area contributed by atoms with Crippen molar-refractivity contribution in [3.05, 3.63) is 198 Å². The van der Waals surface area contributed by atoms with Crippen molar-refractivity contribution in [3.8, 4) is 57.8 Å². The summed E-state index contributed by atoms with van der Waals surface area (Å²) in [6.07, 6.45) is 13.8. The third-order valence-electron chi connectivity index (χ3n) is 20.3. The van der Waals surface area contributed by atoms with Crippen molar-refractivity contribution < 1.29 is 27.9 Å². The fraction of sp³-hybridized carbons (Fsp3) is 0.366. The monoisotopic (exact) mass is 1560 g/mol. The lowest BCUT2D eigenvalue weighted by Gasteiger charge is -2.38. The van der Waals surface area contributed by atoms with Crippen LogP contribution in [0.1, 0.15) is 96.7 Å². The molecule has 4 aliphatic rings. The lowest BCUT2D eigenvalue weighted by Crippen LogP contribution is -2.50. The Morgan fingerprint density at radius 3 is 1.41 bits per heavy atom. The van der Waals surface area contributed by atoms with Gasteiger partial charge in [0.1, 0.15) is 81.9 Å². The third-order valence-corrected chi connectivity index (χ3v) is 20.3. The van der Waals surface area contributed by atoms with Gasteiger partial charge >= 0.3 is 5.97 Å². The highest BCUT2D eigenvalue weighted by Crippen LogP contribution is 2.33. The number of Topliss-reactive ketones (excluding diaryl/α,β-unsaturated/α-hetero) is 1. The quantitative estimate of drug-likeness (QED) is 0.0530. The van der Waals surface area contributed by atoms with E-state index in [1.165, 1.54) is 49.7 Å². The highest BCUT2D eigenvalue weighted by atomic mass is 19.1. The van der Waals surface area contributed by atoms with E-state index in [4.69, 9.17) is 46.5 Å². The molecule has 600 valence electrons. The zero-order valence-corrected chi connectivity index (χ0v) is 65.7. The Morgan fingerprint density at radius 2 is 0.983 bits per heavy atom. The summed E-state index contributed by atoms with van der Waals surface area (Å²) < 4.78 is 26.7. The predicted molar refractivity (Wildman–Crippen MR) is 440 cm³/mol. The number of likely N-dealkylation sites (N-methyl/N-ethyl adjacent to an activating group) is 4. The molecule has 32 nitrogen and oxygen atoms in total. The number of halogens is 1. The first-order chi connectivity index (χ1) is 54.9. The van der Waals surface area contributed by atoms with Crippen molar-refractivity contribution in [3.63, 3.8) is 0 Å². The maximum absolute atomic E-state index is 13.4. The van der Waals surface area contributed by atoms with E-state index >= 15 is 0 Å². The van der Waals surface area contributed by atoms with Crippen molar-refractivity contribution in [1.82, 2.24) is 93.5 Å². The number of nitrogens with two attached hydrogens (primary N) is 3. The molecular formula is C82H100FN27O5. The highest BCUT2D eigenvalue weighted by Gasteiger charge is 2.28. The minimum Gasteiger partial charge on any atom is -0.476 e. The van der Waals surface area contributed by atoms with E-state index in [0.717, 1.165) is 135 Å². The van der Waals surface area contributed by atoms with E-state index in [9.17, 15) is 19.1 Å². The Morgan fingerprint density at radius 1 is 0.539 bits per heavy atom. The van der Waals surface area contributed by atoms with Crippen LogP contribution in [0.25, 0.3) is 57.0 Å². The van der Waals surface area contributed by atoms with Gasteiger partial charge in [0.2, 0.25) is 17.7 Å². The normalized spacial score (nSPS) is 17.1. The van der Waals surface area contributed by atoms with Crippen molar-refractivity contribution in [2.75, 3.05) is 133 Å². The number of nitriles is 2. The third kappa shape index (κ3) is 21.8. The Kier molecular flexibility index (Phi) is 29.3. The smallest absolute Gasteiger partial charge is 0.358 e. The number of imidazole rings is 2. The maximum atomic E-state index is 13.4. The van der Waals surface area contributed by atoms with E-state index in [-0.39, 0.29) is 65.8 Å². The zero-order chi connectivity index (χ0) is 81.1. The number of fused-ring (bicyclic) bond motifs is 2. The molecule has 16 heterocycles. The number of hydrogen-bond acceptors (Lipinski definition) is 29. The van der Waals surface area contributed by atoms with Crippen molar-refractivity contribution in [2.24, 2.45) is 5.73 Å². The van der Waals surface area contributed by atoms with Crippen LogP contribution < -0.4 is 37.2 Å². The van der Waals surface area contributed by atoms with Crippen LogP contribution in [0.2, 0.25) is 0 Å². The molecule has 0 spiro atoms. The van der Waals surface area contributed by atoms with E-state index < -0.39 is 11.9 Å². The van der Waals surface area contributed by atoms with Gasteiger partial charge in [-0.05, 0) is 149 Å². The van der Waals surface area contributed by atoms with Gasteiger partial charge in [-0.1, -0.05) is 31.7 Å². The second-order valence-electron chi connectivity index (χ2n) is 28.3. The number of piperazine rings is 4. The molecule has 0 unspecified atom stereocenters. The summed E-state index contributed by atoms with van der Waals surface area (Å²) in [5.74, 6) is 1.14. The summed E-state index contributed by atoms with van der Waals surface area (Å²) in [6.45, 7) is 25.8. The van der Waals surface area contributed by atoms with Crippen LogP contribution in [0.5, 0.6) is 0 Å². The van der Waals surface area contributed by atoms with Crippen molar-refractivity contribution >= 4 is 52.1 Å². The van der Waals surface area contributed by atoms with Crippen LogP contribution in [0.4, 0.5) is 33.5 Å². The number of pyridine rings is 6. The minimum absolute atomic E-state index is 0. The van der Waals surface area contributed by atoms with Crippen LogP contribution in [-0.2, 0) is 13.0 Å². The summed E-state index contributed by atoms with van der Waals surface area (Å²) >= 11 is 0. The molecule has 115 heavy (non-hydrogen) atoms. The molecule has 12 aromatic rings. The number of carbonyl (C=O) groups excluding carboxylic acids is 1. The Hall–Kier alpha value is -12.6. The summed E-state index contributed by atoms with van der Waals surface area (Å²) in [5, 5.41) is 29.6. The summed E-state index contributed by atoms with van der Waals surface area (Å²) in [5.41, 5.74) is 26.1. The second-order valence-corrected chi connectivity index (χ2v) is 28.3. The minimum atomic E-state index is -1.26. The number of carbonyl (C=O) groups is 2. The molecule has 4 saturated heterocycles. The molecule has 8 N–H and O–H groups in total. The predicted octanol–water partition coefficient (Wildman–Crippen LogP) is 9.14. The molecule has 4 fully saturated rings. The number of nitrogen functional groups attached to an aromatic ring is 2. The highest BCUT2D eigenvalue weighted by molar-refractivity contribution is 5.99. The first-order valence-corrected chi connectivity index (χ1v) is 37.5. The molecule has 0 aliphatic carbocycles. The molecule has 4 atom stereocenters. The average Bonchev–Trinajstić information content (AvgIpc) is 1.76. The zero-order valence-electron chi connectivity index (χ0n) is 65.7. The largest absolute Gasteiger partial charge is 0.476 e. The SMILES string of the molecule is C.C[C@@H]1CN(c2cccc(C#N)n2)CCN1C.C[C@@H]1CN(c2cccc(CN)n2)CCN1C.C[C@@H]1CNCCN1C.Cc1cnc2ccc(-c3nc(C(=O)CCc4cccc(N5CCN(C)[C@H](C)C5)n4)c(N)nc3-c3ncco3)cn12.Cc1cnc2ccc(-c3nc(C(=O)O)c(N)nc3-c3ncco3)cn12.N#Cc1cccc(F)n1. The number of carboxylic acid groups (broad SMARTS) is 1. The molecule has 12 aromatic heterocycles. The number of aromatic carboxylic acids is 1. The lowest BCUT2D eigenvalue weighted by atomic mass is 10.1. The van der Waals surface area contributed by atoms with Crippen LogP contribution in [0, 0.1) is 42.5 Å². The second kappa shape index (κ2) is 39.7. The van der Waals surface area contributed by atoms with Crippen molar-refractivity contribution in [1.29, 1.82) is 10.5 Å². The van der Waals surface area contributed by atoms with Gasteiger partial charge in [-0.25, -0.2) is 64.6 Å². The van der Waals surface area contributed by atoms with Gasteiger partial charge < -0.3 is 79.6 Å². The van der Waals surface area contributed by atoms with Gasteiger partial charge in [0.25, 0.3) is 0 Å². The molecular weight excluding hydrogens is 1460 g/mol. The molecule has 0 radical (unpaired) electrons. The average molecular weight is 1560 g/mol. The number of aryl methyl sites for hydroxylation is 3. The number of ketones is 1. The van der Waals surface area contributed by atoms with Crippen LogP contribution in [-0.4, -0.2) is 236 Å². The fourth-order valence-corrected chi connectivity index (χ4v) is 12.9. The van der Waals surface area contributed by atoms with Crippen LogP contribution in [0.3, 0.4) is 0 Å². The summed E-state index contributed by atoms with van der Waals surface area (Å²) in [6, 6.07) is 35.2. The van der Waals surface area contributed by atoms with E-state index in [0.29, 0.717) is 59.4 Å². The van der Waals surface area contributed by atoms with Crippen LogP contribution >= 0.6 is 0 Å². The number of oxazole rings is 2. The van der Waals surface area contributed by atoms with Gasteiger partial charge in [0.15, 0.2) is 34.5 Å².